The second-order valence-corrected chi connectivity index (χ2v) is 4.56. The Morgan fingerprint density at radius 2 is 2.18 bits per heavy atom. The van der Waals surface area contributed by atoms with E-state index in [0.29, 0.717) is 6.61 Å². The summed E-state index contributed by atoms with van der Waals surface area (Å²) in [4.78, 5) is 0. The molecule has 0 saturated heterocycles. The topological polar surface area (TPSA) is 41.5 Å². The van der Waals surface area contributed by atoms with Crippen LogP contribution < -0.4 is 10.1 Å². The van der Waals surface area contributed by atoms with Gasteiger partial charge in [0.05, 0.1) is 19.3 Å². The van der Waals surface area contributed by atoms with E-state index in [0.717, 1.165) is 23.8 Å². The highest BCUT2D eigenvalue weighted by Gasteiger charge is 2.23. The fraction of sp³-hybridized carbons (Fsp3) is 0.571. The molecule has 2 N–H and O–H groups in total. The van der Waals surface area contributed by atoms with Crippen LogP contribution in [0.15, 0.2) is 24.3 Å². The molecule has 1 aliphatic rings. The van der Waals surface area contributed by atoms with Gasteiger partial charge in [-0.15, -0.1) is 0 Å². The third-order valence-electron chi connectivity index (χ3n) is 3.13. The van der Waals surface area contributed by atoms with Gasteiger partial charge in [-0.05, 0) is 38.3 Å². The third kappa shape index (κ3) is 3.45. The van der Waals surface area contributed by atoms with E-state index >= 15 is 0 Å². The molecule has 1 fully saturated rings. The summed E-state index contributed by atoms with van der Waals surface area (Å²) < 4.78 is 5.59. The summed E-state index contributed by atoms with van der Waals surface area (Å²) in [7, 11) is 0. The average molecular weight is 235 g/mol. The monoisotopic (exact) mass is 235 g/mol. The first kappa shape index (κ1) is 12.4. The first-order valence-electron chi connectivity index (χ1n) is 6.41. The Bertz CT molecular complexity index is 350. The van der Waals surface area contributed by atoms with Crippen LogP contribution in [0.3, 0.4) is 0 Å². The summed E-state index contributed by atoms with van der Waals surface area (Å²) in [5.41, 5.74) is 1.05. The van der Waals surface area contributed by atoms with Crippen LogP contribution in [0.1, 0.15) is 31.4 Å². The van der Waals surface area contributed by atoms with Crippen molar-refractivity contribution >= 4 is 0 Å². The summed E-state index contributed by atoms with van der Waals surface area (Å²) in [5, 5.41) is 12.9. The molecule has 17 heavy (non-hydrogen) atoms. The van der Waals surface area contributed by atoms with E-state index in [9.17, 15) is 5.11 Å². The number of hydrogen-bond acceptors (Lipinski definition) is 3. The molecule has 1 saturated carbocycles. The van der Waals surface area contributed by atoms with E-state index in [1.54, 1.807) is 0 Å². The van der Waals surface area contributed by atoms with Crippen molar-refractivity contribution in [2.45, 2.75) is 25.8 Å². The zero-order valence-corrected chi connectivity index (χ0v) is 10.4. The summed E-state index contributed by atoms with van der Waals surface area (Å²) in [6, 6.07) is 7.91. The molecule has 0 aliphatic heterocycles. The standard InChI is InChI=1S/C14H21NO2/c1-2-17-14-6-4-3-5-12(14)13(10-16)15-9-11-7-8-11/h3-6,11,13,15-16H,2,7-10H2,1H3. The van der Waals surface area contributed by atoms with Gasteiger partial charge in [0, 0.05) is 5.56 Å². The van der Waals surface area contributed by atoms with Crippen LogP contribution in [0.25, 0.3) is 0 Å². The molecule has 1 aliphatic carbocycles. The minimum Gasteiger partial charge on any atom is -0.494 e. The molecule has 1 atom stereocenters. The number of rotatable bonds is 7. The number of aliphatic hydroxyl groups is 1. The van der Waals surface area contributed by atoms with Gasteiger partial charge < -0.3 is 15.2 Å². The lowest BCUT2D eigenvalue weighted by Crippen LogP contribution is -2.26. The van der Waals surface area contributed by atoms with Gasteiger partial charge in [-0.25, -0.2) is 0 Å². The molecule has 0 bridgehead atoms. The summed E-state index contributed by atoms with van der Waals surface area (Å²) in [6.45, 7) is 3.72. The molecule has 1 aromatic carbocycles. The molecule has 0 spiro atoms. The van der Waals surface area contributed by atoms with Crippen LogP contribution in [-0.2, 0) is 0 Å². The number of para-hydroxylation sites is 1. The first-order valence-corrected chi connectivity index (χ1v) is 6.41. The Balaban J connectivity index is 2.04. The lowest BCUT2D eigenvalue weighted by molar-refractivity contribution is 0.238. The molecule has 0 aromatic heterocycles. The predicted molar refractivity (Wildman–Crippen MR) is 68.2 cm³/mol. The van der Waals surface area contributed by atoms with Crippen molar-refractivity contribution in [1.82, 2.24) is 5.32 Å². The number of hydrogen-bond donors (Lipinski definition) is 2. The maximum absolute atomic E-state index is 9.49. The second-order valence-electron chi connectivity index (χ2n) is 4.56. The van der Waals surface area contributed by atoms with Crippen LogP contribution in [0, 0.1) is 5.92 Å². The van der Waals surface area contributed by atoms with Crippen molar-refractivity contribution in [1.29, 1.82) is 0 Å². The lowest BCUT2D eigenvalue weighted by Gasteiger charge is -2.19. The van der Waals surface area contributed by atoms with Gasteiger partial charge >= 0.3 is 0 Å². The van der Waals surface area contributed by atoms with Crippen LogP contribution in [0.2, 0.25) is 0 Å². The van der Waals surface area contributed by atoms with E-state index < -0.39 is 0 Å². The highest BCUT2D eigenvalue weighted by Crippen LogP contribution is 2.30. The smallest absolute Gasteiger partial charge is 0.124 e. The van der Waals surface area contributed by atoms with Gasteiger partial charge in [-0.1, -0.05) is 18.2 Å². The molecule has 0 amide bonds. The third-order valence-corrected chi connectivity index (χ3v) is 3.13. The van der Waals surface area contributed by atoms with Crippen LogP contribution in [-0.4, -0.2) is 24.9 Å². The maximum atomic E-state index is 9.49. The molecule has 3 heteroatoms. The van der Waals surface area contributed by atoms with E-state index in [1.807, 2.05) is 31.2 Å². The Morgan fingerprint density at radius 1 is 1.41 bits per heavy atom. The normalized spacial score (nSPS) is 16.8. The molecule has 3 nitrogen and oxygen atoms in total. The van der Waals surface area contributed by atoms with Crippen molar-refractivity contribution < 1.29 is 9.84 Å². The van der Waals surface area contributed by atoms with Crippen LogP contribution in [0.4, 0.5) is 0 Å². The second kappa shape index (κ2) is 6.03. The lowest BCUT2D eigenvalue weighted by atomic mass is 10.1. The van der Waals surface area contributed by atoms with Gasteiger partial charge in [0.15, 0.2) is 0 Å². The summed E-state index contributed by atoms with van der Waals surface area (Å²) >= 11 is 0. The van der Waals surface area contributed by atoms with Crippen molar-refractivity contribution in [3.05, 3.63) is 29.8 Å². The van der Waals surface area contributed by atoms with Gasteiger partial charge in [-0.3, -0.25) is 0 Å². The molecular weight excluding hydrogens is 214 g/mol. The van der Waals surface area contributed by atoms with E-state index in [2.05, 4.69) is 5.32 Å². The quantitative estimate of drug-likeness (QED) is 0.760. The van der Waals surface area contributed by atoms with Crippen molar-refractivity contribution in [2.24, 2.45) is 5.92 Å². The number of nitrogens with one attached hydrogen (secondary N) is 1. The van der Waals surface area contributed by atoms with Gasteiger partial charge in [0.1, 0.15) is 5.75 Å². The van der Waals surface area contributed by atoms with Crippen molar-refractivity contribution in [3.63, 3.8) is 0 Å². The highest BCUT2D eigenvalue weighted by atomic mass is 16.5. The molecule has 1 aromatic rings. The fourth-order valence-electron chi connectivity index (χ4n) is 1.96. The minimum absolute atomic E-state index is 0.0154. The summed E-state index contributed by atoms with van der Waals surface area (Å²) in [6.07, 6.45) is 2.64. The van der Waals surface area contributed by atoms with Gasteiger partial charge in [0.25, 0.3) is 0 Å². The first-order chi connectivity index (χ1) is 8.35. The maximum Gasteiger partial charge on any atom is 0.124 e. The Morgan fingerprint density at radius 3 is 2.82 bits per heavy atom. The number of benzene rings is 1. The van der Waals surface area contributed by atoms with Crippen molar-refractivity contribution in [3.8, 4) is 5.75 Å². The average Bonchev–Trinajstić information content (AvgIpc) is 3.16. The fourth-order valence-corrected chi connectivity index (χ4v) is 1.96. The molecule has 1 unspecified atom stereocenters. The SMILES string of the molecule is CCOc1ccccc1C(CO)NCC1CC1. The molecule has 2 rings (SSSR count). The molecule has 0 radical (unpaired) electrons. The van der Waals surface area contributed by atoms with E-state index in [4.69, 9.17) is 4.74 Å². The Labute approximate surface area is 103 Å². The van der Waals surface area contributed by atoms with Gasteiger partial charge in [0.2, 0.25) is 0 Å². The summed E-state index contributed by atoms with van der Waals surface area (Å²) in [5.74, 6) is 1.68. The number of ether oxygens (including phenoxy) is 1. The Kier molecular flexibility index (Phi) is 4.40. The predicted octanol–water partition coefficient (Wildman–Crippen LogP) is 2.12. The van der Waals surface area contributed by atoms with Gasteiger partial charge in [-0.2, -0.15) is 0 Å². The zero-order chi connectivity index (χ0) is 12.1. The number of aliphatic hydroxyl groups excluding tert-OH is 1. The molecule has 94 valence electrons. The Hall–Kier alpha value is -1.06. The molecular formula is C14H21NO2. The van der Waals surface area contributed by atoms with Crippen LogP contribution >= 0.6 is 0 Å². The van der Waals surface area contributed by atoms with E-state index in [-0.39, 0.29) is 12.6 Å². The molecule has 0 heterocycles. The van der Waals surface area contributed by atoms with E-state index in [1.165, 1.54) is 12.8 Å². The van der Waals surface area contributed by atoms with Crippen molar-refractivity contribution in [2.75, 3.05) is 19.8 Å². The van der Waals surface area contributed by atoms with Crippen LogP contribution in [0.5, 0.6) is 5.75 Å². The zero-order valence-electron chi connectivity index (χ0n) is 10.4. The minimum atomic E-state index is -0.0154. The largest absolute Gasteiger partial charge is 0.494 e. The highest BCUT2D eigenvalue weighted by molar-refractivity contribution is 5.36.